The minimum absolute atomic E-state index is 0.259. The Bertz CT molecular complexity index is 1310. The molecule has 1 aliphatic heterocycles. The third kappa shape index (κ3) is 4.09. The number of aromatic nitrogens is 2. The van der Waals surface area contributed by atoms with Gasteiger partial charge in [-0.2, -0.15) is 0 Å². The maximum atomic E-state index is 13.0. The minimum Gasteiger partial charge on any atom is -0.493 e. The summed E-state index contributed by atoms with van der Waals surface area (Å²) in [5.41, 5.74) is 4.92. The molecule has 0 aliphatic carbocycles. The quantitative estimate of drug-likeness (QED) is 0.418. The van der Waals surface area contributed by atoms with Crippen LogP contribution in [0.1, 0.15) is 18.1 Å². The molecule has 162 valence electrons. The molecule has 1 atom stereocenters. The summed E-state index contributed by atoms with van der Waals surface area (Å²) in [5, 5.41) is 9.09. The fourth-order valence-electron chi connectivity index (χ4n) is 3.98. The molecule has 32 heavy (non-hydrogen) atoms. The first kappa shape index (κ1) is 20.3. The number of thiazole rings is 1. The molecule has 1 unspecified atom stereocenters. The van der Waals surface area contributed by atoms with Gasteiger partial charge in [-0.3, -0.25) is 9.59 Å². The first-order chi connectivity index (χ1) is 15.6. The second kappa shape index (κ2) is 8.47. The maximum absolute atomic E-state index is 13.0. The van der Waals surface area contributed by atoms with E-state index in [1.54, 1.807) is 0 Å². The summed E-state index contributed by atoms with van der Waals surface area (Å²) >= 11 is 1.36. The summed E-state index contributed by atoms with van der Waals surface area (Å²) in [6.45, 7) is 2.12. The molecular formula is C24H22N4O3S. The van der Waals surface area contributed by atoms with Gasteiger partial charge >= 0.3 is 0 Å². The van der Waals surface area contributed by atoms with Gasteiger partial charge in [0.2, 0.25) is 11.8 Å². The van der Waals surface area contributed by atoms with Crippen molar-refractivity contribution in [2.75, 3.05) is 11.9 Å². The van der Waals surface area contributed by atoms with Crippen molar-refractivity contribution in [2.45, 2.75) is 25.8 Å². The molecule has 3 N–H and O–H groups in total. The number of hydrogen-bond acceptors (Lipinski definition) is 5. The van der Waals surface area contributed by atoms with Gasteiger partial charge in [0.15, 0.2) is 5.13 Å². The number of benzene rings is 2. The monoisotopic (exact) mass is 446 g/mol. The number of anilines is 1. The van der Waals surface area contributed by atoms with Crippen LogP contribution in [0.15, 0.2) is 54.0 Å². The van der Waals surface area contributed by atoms with Crippen LogP contribution in [0.5, 0.6) is 5.75 Å². The highest BCUT2D eigenvalue weighted by molar-refractivity contribution is 7.14. The lowest BCUT2D eigenvalue weighted by molar-refractivity contribution is -0.125. The number of ether oxygens (including phenoxy) is 1. The molecule has 0 bridgehead atoms. The Morgan fingerprint density at radius 1 is 1.25 bits per heavy atom. The van der Waals surface area contributed by atoms with E-state index in [2.05, 4.69) is 26.7 Å². The lowest BCUT2D eigenvalue weighted by Gasteiger charge is -2.16. The van der Waals surface area contributed by atoms with Gasteiger partial charge in [-0.05, 0) is 35.4 Å². The Kier molecular flexibility index (Phi) is 5.36. The van der Waals surface area contributed by atoms with E-state index in [1.165, 1.54) is 23.8 Å². The summed E-state index contributed by atoms with van der Waals surface area (Å²) in [6, 6.07) is 13.2. The number of aromatic amines is 1. The number of carbonyl (C=O) groups excluding carboxylic acids is 2. The first-order valence-corrected chi connectivity index (χ1v) is 11.3. The molecule has 5 rings (SSSR count). The largest absolute Gasteiger partial charge is 0.493 e. The van der Waals surface area contributed by atoms with E-state index >= 15 is 0 Å². The number of hydrogen-bond donors (Lipinski definition) is 3. The standard InChI is InChI=1S/C24H22N4O3S/c1-14(29)26-20(11-17-12-25-19-5-3-2-4-18(17)19)23(30)28-24-27-21(13-32-24)15-6-7-22-16(10-15)8-9-31-22/h2-7,10,12-13,20,25H,8-9,11H2,1H3,(H,26,29)(H,27,28,30). The van der Waals surface area contributed by atoms with Gasteiger partial charge in [-0.15, -0.1) is 11.3 Å². The Hall–Kier alpha value is -3.65. The van der Waals surface area contributed by atoms with Gasteiger partial charge in [0.05, 0.1) is 12.3 Å². The van der Waals surface area contributed by atoms with Crippen molar-refractivity contribution in [3.05, 3.63) is 65.2 Å². The zero-order valence-electron chi connectivity index (χ0n) is 17.5. The lowest BCUT2D eigenvalue weighted by atomic mass is 10.0. The van der Waals surface area contributed by atoms with Crippen molar-refractivity contribution >= 4 is 39.2 Å². The molecule has 7 nitrogen and oxygen atoms in total. The van der Waals surface area contributed by atoms with Crippen LogP contribution in [-0.2, 0) is 22.4 Å². The van der Waals surface area contributed by atoms with Crippen LogP contribution < -0.4 is 15.4 Å². The molecule has 0 spiro atoms. The zero-order valence-corrected chi connectivity index (χ0v) is 18.3. The highest BCUT2D eigenvalue weighted by Crippen LogP contribution is 2.32. The van der Waals surface area contributed by atoms with E-state index in [9.17, 15) is 9.59 Å². The van der Waals surface area contributed by atoms with Crippen LogP contribution >= 0.6 is 11.3 Å². The number of amides is 2. The SMILES string of the molecule is CC(=O)NC(Cc1c[nH]c2ccccc12)C(=O)Nc1nc(-c2ccc3c(c2)CCO3)cs1. The number of rotatable bonds is 6. The summed E-state index contributed by atoms with van der Waals surface area (Å²) in [5.74, 6) is 0.367. The van der Waals surface area contributed by atoms with Gasteiger partial charge in [-0.1, -0.05) is 18.2 Å². The molecule has 0 saturated heterocycles. The molecule has 4 aromatic rings. The molecule has 2 aromatic carbocycles. The summed E-state index contributed by atoms with van der Waals surface area (Å²) in [4.78, 5) is 32.6. The molecule has 0 fully saturated rings. The van der Waals surface area contributed by atoms with Gasteiger partial charge in [0.25, 0.3) is 0 Å². The first-order valence-electron chi connectivity index (χ1n) is 10.4. The van der Waals surface area contributed by atoms with E-state index in [-0.39, 0.29) is 11.8 Å². The number of fused-ring (bicyclic) bond motifs is 2. The Morgan fingerprint density at radius 2 is 2.12 bits per heavy atom. The summed E-state index contributed by atoms with van der Waals surface area (Å²) < 4.78 is 5.56. The Labute approximate surface area is 188 Å². The van der Waals surface area contributed by atoms with Crippen molar-refractivity contribution in [3.63, 3.8) is 0 Å². The average molecular weight is 447 g/mol. The fraction of sp³-hybridized carbons (Fsp3) is 0.208. The van der Waals surface area contributed by atoms with Crippen molar-refractivity contribution in [3.8, 4) is 17.0 Å². The van der Waals surface area contributed by atoms with Gasteiger partial charge in [-0.25, -0.2) is 4.98 Å². The summed E-state index contributed by atoms with van der Waals surface area (Å²) in [7, 11) is 0. The van der Waals surface area contributed by atoms with E-state index in [4.69, 9.17) is 4.74 Å². The van der Waals surface area contributed by atoms with Crippen LogP contribution in [0, 0.1) is 0 Å². The van der Waals surface area contributed by atoms with E-state index in [0.717, 1.165) is 39.9 Å². The third-order valence-corrected chi connectivity index (χ3v) is 6.27. The second-order valence-corrected chi connectivity index (χ2v) is 8.62. The number of carbonyl (C=O) groups is 2. The van der Waals surface area contributed by atoms with E-state index in [0.29, 0.717) is 18.2 Å². The van der Waals surface area contributed by atoms with Crippen molar-refractivity contribution in [1.29, 1.82) is 0 Å². The molecular weight excluding hydrogens is 424 g/mol. The van der Waals surface area contributed by atoms with Gasteiger partial charge in [0, 0.05) is 47.8 Å². The third-order valence-electron chi connectivity index (χ3n) is 5.51. The molecule has 2 aromatic heterocycles. The highest BCUT2D eigenvalue weighted by Gasteiger charge is 2.23. The highest BCUT2D eigenvalue weighted by atomic mass is 32.1. The normalized spacial score (nSPS) is 13.4. The maximum Gasteiger partial charge on any atom is 0.249 e. The Morgan fingerprint density at radius 3 is 3.00 bits per heavy atom. The molecule has 0 radical (unpaired) electrons. The van der Waals surface area contributed by atoms with Crippen molar-refractivity contribution in [2.24, 2.45) is 0 Å². The number of para-hydroxylation sites is 1. The summed E-state index contributed by atoms with van der Waals surface area (Å²) in [6.07, 6.45) is 3.15. The van der Waals surface area contributed by atoms with Crippen LogP contribution in [-0.4, -0.2) is 34.4 Å². The molecule has 1 aliphatic rings. The molecule has 8 heteroatoms. The van der Waals surface area contributed by atoms with E-state index < -0.39 is 6.04 Å². The number of H-pyrrole nitrogens is 1. The van der Waals surface area contributed by atoms with Crippen molar-refractivity contribution in [1.82, 2.24) is 15.3 Å². The molecule has 2 amide bonds. The number of nitrogens with one attached hydrogen (secondary N) is 3. The smallest absolute Gasteiger partial charge is 0.249 e. The fourth-order valence-corrected chi connectivity index (χ4v) is 4.70. The van der Waals surface area contributed by atoms with Crippen LogP contribution in [0.3, 0.4) is 0 Å². The van der Waals surface area contributed by atoms with Crippen LogP contribution in [0.4, 0.5) is 5.13 Å². The number of nitrogens with zero attached hydrogens (tertiary/aromatic N) is 1. The molecule has 0 saturated carbocycles. The lowest BCUT2D eigenvalue weighted by Crippen LogP contribution is -2.44. The van der Waals surface area contributed by atoms with E-state index in [1.807, 2.05) is 48.0 Å². The van der Waals surface area contributed by atoms with Gasteiger partial charge < -0.3 is 20.4 Å². The van der Waals surface area contributed by atoms with Crippen molar-refractivity contribution < 1.29 is 14.3 Å². The van der Waals surface area contributed by atoms with Crippen LogP contribution in [0.25, 0.3) is 22.2 Å². The minimum atomic E-state index is -0.712. The predicted molar refractivity (Wildman–Crippen MR) is 125 cm³/mol. The average Bonchev–Trinajstić information content (AvgIpc) is 3.52. The predicted octanol–water partition coefficient (Wildman–Crippen LogP) is 3.91. The van der Waals surface area contributed by atoms with Gasteiger partial charge in [0.1, 0.15) is 11.8 Å². The topological polar surface area (TPSA) is 96.1 Å². The molecule has 3 heterocycles. The Balaban J connectivity index is 1.33. The zero-order chi connectivity index (χ0) is 22.1. The second-order valence-electron chi connectivity index (χ2n) is 7.76. The van der Waals surface area contributed by atoms with Crippen LogP contribution in [0.2, 0.25) is 0 Å².